The molecule has 1 aliphatic rings. The summed E-state index contributed by atoms with van der Waals surface area (Å²) in [6.45, 7) is 4.48. The molecule has 0 N–H and O–H groups in total. The summed E-state index contributed by atoms with van der Waals surface area (Å²) in [6, 6.07) is 12.7. The Kier molecular flexibility index (Phi) is 6.82. The molecule has 0 atom stereocenters. The molecule has 1 aromatic heterocycles. The van der Waals surface area contributed by atoms with E-state index in [-0.39, 0.29) is 11.8 Å². The fraction of sp³-hybridized carbons (Fsp3) is 0.360. The second-order valence-corrected chi connectivity index (χ2v) is 8.38. The first-order chi connectivity index (χ1) is 15.5. The van der Waals surface area contributed by atoms with Crippen molar-refractivity contribution in [3.8, 4) is 5.75 Å². The van der Waals surface area contributed by atoms with Gasteiger partial charge in [-0.1, -0.05) is 11.6 Å². The third-order valence-electron chi connectivity index (χ3n) is 6.02. The number of aryl methyl sites for hydroxylation is 1. The van der Waals surface area contributed by atoms with Gasteiger partial charge >= 0.3 is 0 Å². The molecule has 4 rings (SSSR count). The lowest BCUT2D eigenvalue weighted by atomic mass is 10.0. The number of aromatic nitrogens is 1. The summed E-state index contributed by atoms with van der Waals surface area (Å²) in [4.78, 5) is 27.8. The Morgan fingerprint density at radius 2 is 1.81 bits per heavy atom. The lowest BCUT2D eigenvalue weighted by Crippen LogP contribution is -2.40. The van der Waals surface area contributed by atoms with Crippen molar-refractivity contribution in [1.29, 1.82) is 0 Å². The van der Waals surface area contributed by atoms with E-state index in [4.69, 9.17) is 21.1 Å². The number of halogens is 1. The Bertz CT molecular complexity index is 1130. The zero-order valence-corrected chi connectivity index (χ0v) is 19.2. The second-order valence-electron chi connectivity index (χ2n) is 7.94. The summed E-state index contributed by atoms with van der Waals surface area (Å²) in [7, 11) is 1.63. The number of hydrogen-bond acceptors (Lipinski definition) is 4. The molecule has 0 saturated carbocycles. The molecular weight excluding hydrogens is 428 g/mol. The van der Waals surface area contributed by atoms with Gasteiger partial charge in [-0.2, -0.15) is 0 Å². The van der Waals surface area contributed by atoms with Crippen LogP contribution in [-0.4, -0.2) is 54.7 Å². The molecule has 0 bridgehead atoms. The topological polar surface area (TPSA) is 60.8 Å². The maximum Gasteiger partial charge on any atom is 0.262 e. The molecule has 0 radical (unpaired) electrons. The van der Waals surface area contributed by atoms with Crippen molar-refractivity contribution in [3.63, 3.8) is 0 Å². The van der Waals surface area contributed by atoms with Gasteiger partial charge in [0.15, 0.2) is 0 Å². The highest BCUT2D eigenvalue weighted by Gasteiger charge is 2.21. The maximum atomic E-state index is 13.4. The molecule has 3 aromatic rings. The summed E-state index contributed by atoms with van der Waals surface area (Å²) >= 11 is 6.00. The molecule has 2 heterocycles. The number of benzene rings is 2. The van der Waals surface area contributed by atoms with Gasteiger partial charge in [0, 0.05) is 41.2 Å². The third-order valence-corrected chi connectivity index (χ3v) is 6.27. The standard InChI is InChI=1S/C25H27ClN2O4/c1-17-21(4-3-5-24(29)27-12-14-32-15-13-27)22-16-20(31-2)10-11-23(22)28(17)25(30)18-6-8-19(26)9-7-18/h6-11,16H,3-5,12-15H2,1-2H3. The van der Waals surface area contributed by atoms with E-state index in [0.29, 0.717) is 56.2 Å². The predicted molar refractivity (Wildman–Crippen MR) is 125 cm³/mol. The number of carbonyl (C=O) groups excluding carboxylic acids is 2. The van der Waals surface area contributed by atoms with Gasteiger partial charge in [-0.05, 0) is 67.8 Å². The van der Waals surface area contributed by atoms with Crippen LogP contribution in [0.4, 0.5) is 0 Å². The third kappa shape index (κ3) is 4.52. The van der Waals surface area contributed by atoms with Crippen molar-refractivity contribution in [3.05, 3.63) is 64.3 Å². The van der Waals surface area contributed by atoms with Gasteiger partial charge in [-0.15, -0.1) is 0 Å². The van der Waals surface area contributed by atoms with Gasteiger partial charge in [0.1, 0.15) is 5.75 Å². The van der Waals surface area contributed by atoms with Crippen molar-refractivity contribution >= 4 is 34.3 Å². The van der Waals surface area contributed by atoms with Crippen LogP contribution in [0, 0.1) is 6.92 Å². The second kappa shape index (κ2) is 9.76. The zero-order chi connectivity index (χ0) is 22.7. The fourth-order valence-electron chi connectivity index (χ4n) is 4.28. The number of morpholine rings is 1. The number of amides is 1. The summed E-state index contributed by atoms with van der Waals surface area (Å²) < 4.78 is 12.5. The van der Waals surface area contributed by atoms with E-state index in [1.807, 2.05) is 30.0 Å². The molecule has 0 aliphatic carbocycles. The van der Waals surface area contributed by atoms with Crippen LogP contribution in [0.3, 0.4) is 0 Å². The van der Waals surface area contributed by atoms with E-state index in [2.05, 4.69) is 0 Å². The highest BCUT2D eigenvalue weighted by Crippen LogP contribution is 2.31. The Morgan fingerprint density at radius 1 is 1.09 bits per heavy atom. The monoisotopic (exact) mass is 454 g/mol. The minimum Gasteiger partial charge on any atom is -0.497 e. The molecule has 0 spiro atoms. The molecule has 1 fully saturated rings. The number of ether oxygens (including phenoxy) is 2. The minimum absolute atomic E-state index is 0.107. The van der Waals surface area contributed by atoms with Gasteiger partial charge in [0.25, 0.3) is 5.91 Å². The van der Waals surface area contributed by atoms with Crippen molar-refractivity contribution < 1.29 is 19.1 Å². The summed E-state index contributed by atoms with van der Waals surface area (Å²) in [5, 5.41) is 1.56. The highest BCUT2D eigenvalue weighted by molar-refractivity contribution is 6.30. The summed E-state index contributed by atoms with van der Waals surface area (Å²) in [5.41, 5.74) is 3.35. The average molecular weight is 455 g/mol. The van der Waals surface area contributed by atoms with Crippen molar-refractivity contribution in [2.75, 3.05) is 33.4 Å². The van der Waals surface area contributed by atoms with Crippen molar-refractivity contribution in [1.82, 2.24) is 9.47 Å². The lowest BCUT2D eigenvalue weighted by Gasteiger charge is -2.26. The van der Waals surface area contributed by atoms with Gasteiger partial charge in [0.05, 0.1) is 25.8 Å². The Balaban J connectivity index is 1.62. The van der Waals surface area contributed by atoms with Crippen LogP contribution in [0.25, 0.3) is 10.9 Å². The van der Waals surface area contributed by atoms with Crippen LogP contribution in [0.15, 0.2) is 42.5 Å². The predicted octanol–water partition coefficient (Wildman–Crippen LogP) is 4.48. The molecule has 2 aromatic carbocycles. The molecule has 6 nitrogen and oxygen atoms in total. The van der Waals surface area contributed by atoms with Crippen LogP contribution in [0.1, 0.15) is 34.5 Å². The highest BCUT2D eigenvalue weighted by atomic mass is 35.5. The summed E-state index contributed by atoms with van der Waals surface area (Å²) in [5.74, 6) is 0.786. The molecular formula is C25H27ClN2O4. The molecule has 168 valence electrons. The number of fused-ring (bicyclic) bond motifs is 1. The maximum absolute atomic E-state index is 13.4. The SMILES string of the molecule is COc1ccc2c(c1)c(CCCC(=O)N1CCOCC1)c(C)n2C(=O)c1ccc(Cl)cc1. The smallest absolute Gasteiger partial charge is 0.262 e. The number of nitrogens with zero attached hydrogens (tertiary/aromatic N) is 2. The summed E-state index contributed by atoms with van der Waals surface area (Å²) in [6.07, 6.45) is 1.89. The quantitative estimate of drug-likeness (QED) is 0.551. The first kappa shape index (κ1) is 22.4. The van der Waals surface area contributed by atoms with Crippen molar-refractivity contribution in [2.24, 2.45) is 0 Å². The van der Waals surface area contributed by atoms with Crippen LogP contribution >= 0.6 is 11.6 Å². The fourth-order valence-corrected chi connectivity index (χ4v) is 4.40. The Morgan fingerprint density at radius 3 is 2.50 bits per heavy atom. The van der Waals surface area contributed by atoms with E-state index < -0.39 is 0 Å². The van der Waals surface area contributed by atoms with Gasteiger partial charge < -0.3 is 14.4 Å². The normalized spacial score (nSPS) is 14.0. The number of hydrogen-bond donors (Lipinski definition) is 0. The van der Waals surface area contributed by atoms with E-state index in [1.54, 1.807) is 35.9 Å². The molecule has 7 heteroatoms. The Hall–Kier alpha value is -2.83. The van der Waals surface area contributed by atoms with Crippen LogP contribution in [0.2, 0.25) is 5.02 Å². The Labute approximate surface area is 192 Å². The number of methoxy groups -OCH3 is 1. The van der Waals surface area contributed by atoms with Crippen LogP contribution in [0.5, 0.6) is 5.75 Å². The zero-order valence-electron chi connectivity index (χ0n) is 18.4. The van der Waals surface area contributed by atoms with Crippen LogP contribution in [-0.2, 0) is 16.0 Å². The van der Waals surface area contributed by atoms with Gasteiger partial charge in [-0.3, -0.25) is 14.2 Å². The number of rotatable bonds is 6. The first-order valence-electron chi connectivity index (χ1n) is 10.8. The van der Waals surface area contributed by atoms with Crippen LogP contribution < -0.4 is 4.74 Å². The van der Waals surface area contributed by atoms with E-state index in [1.165, 1.54) is 0 Å². The van der Waals surface area contributed by atoms with Crippen molar-refractivity contribution in [2.45, 2.75) is 26.2 Å². The largest absolute Gasteiger partial charge is 0.497 e. The number of carbonyl (C=O) groups is 2. The van der Waals surface area contributed by atoms with E-state index >= 15 is 0 Å². The molecule has 0 unspecified atom stereocenters. The molecule has 32 heavy (non-hydrogen) atoms. The van der Waals surface area contributed by atoms with E-state index in [9.17, 15) is 9.59 Å². The van der Waals surface area contributed by atoms with Gasteiger partial charge in [0.2, 0.25) is 5.91 Å². The average Bonchev–Trinajstić information content (AvgIpc) is 3.10. The molecule has 1 amide bonds. The van der Waals surface area contributed by atoms with Gasteiger partial charge in [-0.25, -0.2) is 0 Å². The minimum atomic E-state index is -0.107. The first-order valence-corrected chi connectivity index (χ1v) is 11.2. The lowest BCUT2D eigenvalue weighted by molar-refractivity contribution is -0.135. The molecule has 1 aliphatic heterocycles. The van der Waals surface area contributed by atoms with E-state index in [0.717, 1.165) is 27.9 Å². The molecule has 1 saturated heterocycles.